The van der Waals surface area contributed by atoms with Gasteiger partial charge in [0, 0.05) is 6.54 Å². The molecule has 1 aromatic rings. The minimum atomic E-state index is -1.12. The van der Waals surface area contributed by atoms with Crippen LogP contribution in [0.5, 0.6) is 5.75 Å². The molecule has 1 amide bonds. The van der Waals surface area contributed by atoms with Crippen molar-refractivity contribution in [2.45, 2.75) is 0 Å². The highest BCUT2D eigenvalue weighted by Crippen LogP contribution is 2.07. The molecule has 0 atom stereocenters. The highest BCUT2D eigenvalue weighted by Gasteiger charge is 2.03. The zero-order valence-corrected chi connectivity index (χ0v) is 24.4. The predicted molar refractivity (Wildman–Crippen MR) is 150 cm³/mol. The Morgan fingerprint density at radius 3 is 1.29 bits per heavy atom. The van der Waals surface area contributed by atoms with Gasteiger partial charge in [-0.2, -0.15) is 0 Å². The van der Waals surface area contributed by atoms with Gasteiger partial charge >= 0.3 is 5.97 Å². The number of carboxylic acid groups (broad SMARTS) is 1. The average Bonchev–Trinajstić information content (AvgIpc) is 2.99. The Morgan fingerprint density at radius 2 is 0.881 bits per heavy atom. The van der Waals surface area contributed by atoms with E-state index in [-0.39, 0.29) is 6.61 Å². The Balaban J connectivity index is 1.65. The molecule has 0 aliphatic rings. The van der Waals surface area contributed by atoms with Crippen molar-refractivity contribution in [2.75, 3.05) is 132 Å². The van der Waals surface area contributed by atoms with Gasteiger partial charge in [0.1, 0.15) is 25.6 Å². The molecule has 14 heteroatoms. The van der Waals surface area contributed by atoms with E-state index in [0.29, 0.717) is 119 Å². The second kappa shape index (κ2) is 30.1. The largest absolute Gasteiger partial charge is 0.491 e. The Morgan fingerprint density at radius 1 is 0.500 bits per heavy atom. The van der Waals surface area contributed by atoms with Crippen molar-refractivity contribution in [3.05, 3.63) is 30.3 Å². The number of para-hydroxylation sites is 1. The number of carbonyl (C=O) groups excluding carboxylic acids is 1. The first-order valence-electron chi connectivity index (χ1n) is 14.0. The standard InChI is InChI=1S/C28H47NO13/c30-27(24-41-25-28(31)32)29-6-7-33-8-9-34-10-11-35-12-13-36-14-15-37-16-17-38-18-19-39-20-21-40-22-23-42-26-4-2-1-3-5-26/h1-5H,6-25H2,(H,29,30)(H,31,32). The number of ether oxygens (including phenoxy) is 10. The maximum atomic E-state index is 11.3. The molecule has 0 unspecified atom stereocenters. The van der Waals surface area contributed by atoms with Gasteiger partial charge in [-0.05, 0) is 12.1 Å². The second-order valence-corrected chi connectivity index (χ2v) is 8.30. The van der Waals surface area contributed by atoms with Crippen LogP contribution < -0.4 is 10.1 Å². The van der Waals surface area contributed by atoms with Crippen LogP contribution in [0.1, 0.15) is 0 Å². The molecule has 0 saturated heterocycles. The minimum absolute atomic E-state index is 0.299. The van der Waals surface area contributed by atoms with E-state index in [9.17, 15) is 9.59 Å². The highest BCUT2D eigenvalue weighted by molar-refractivity contribution is 5.77. The summed E-state index contributed by atoms with van der Waals surface area (Å²) in [4.78, 5) is 21.6. The zero-order valence-electron chi connectivity index (χ0n) is 24.4. The molecule has 14 nitrogen and oxygen atoms in total. The van der Waals surface area contributed by atoms with Crippen molar-refractivity contribution in [2.24, 2.45) is 0 Å². The van der Waals surface area contributed by atoms with Crippen LogP contribution in [0.3, 0.4) is 0 Å². The van der Waals surface area contributed by atoms with Crippen LogP contribution in [0.4, 0.5) is 0 Å². The van der Waals surface area contributed by atoms with Gasteiger partial charge in [0.2, 0.25) is 5.91 Å². The molecule has 2 N–H and O–H groups in total. The van der Waals surface area contributed by atoms with E-state index in [1.54, 1.807) is 0 Å². The molecule has 0 spiro atoms. The summed E-state index contributed by atoms with van der Waals surface area (Å²) in [5.41, 5.74) is 0. The lowest BCUT2D eigenvalue weighted by Gasteiger charge is -2.09. The third kappa shape index (κ3) is 27.8. The van der Waals surface area contributed by atoms with Crippen molar-refractivity contribution in [3.63, 3.8) is 0 Å². The quantitative estimate of drug-likeness (QED) is 0.109. The average molecular weight is 606 g/mol. The fraction of sp³-hybridized carbons (Fsp3) is 0.714. The Labute approximate surface area is 247 Å². The van der Waals surface area contributed by atoms with Crippen molar-refractivity contribution in [1.29, 1.82) is 0 Å². The van der Waals surface area contributed by atoms with Gasteiger partial charge in [0.15, 0.2) is 0 Å². The van der Waals surface area contributed by atoms with Crippen LogP contribution in [0.15, 0.2) is 30.3 Å². The molecule has 1 rings (SSSR count). The van der Waals surface area contributed by atoms with Crippen LogP contribution in [-0.4, -0.2) is 149 Å². The van der Waals surface area contributed by atoms with E-state index in [0.717, 1.165) is 5.75 Å². The summed E-state index contributed by atoms with van der Waals surface area (Å²) < 4.78 is 53.6. The fourth-order valence-corrected chi connectivity index (χ4v) is 2.92. The minimum Gasteiger partial charge on any atom is -0.491 e. The molecule has 42 heavy (non-hydrogen) atoms. The summed E-state index contributed by atoms with van der Waals surface area (Å²) in [5, 5.41) is 11.0. The maximum Gasteiger partial charge on any atom is 0.329 e. The number of carboxylic acids is 1. The Hall–Kier alpha value is -2.40. The first kappa shape index (κ1) is 37.6. The van der Waals surface area contributed by atoms with E-state index in [1.807, 2.05) is 30.3 Å². The molecule has 0 bridgehead atoms. The lowest BCUT2D eigenvalue weighted by molar-refractivity contribution is -0.143. The zero-order chi connectivity index (χ0) is 30.2. The van der Waals surface area contributed by atoms with E-state index in [2.05, 4.69) is 10.1 Å². The molecular weight excluding hydrogens is 558 g/mol. The SMILES string of the molecule is O=C(O)COCC(=O)NCCOCCOCCOCCOCCOCCOCCOCCOCCOc1ccccc1. The molecule has 0 aromatic heterocycles. The van der Waals surface area contributed by atoms with Gasteiger partial charge in [-0.3, -0.25) is 4.79 Å². The third-order valence-electron chi connectivity index (χ3n) is 4.87. The second-order valence-electron chi connectivity index (χ2n) is 8.30. The predicted octanol–water partition coefficient (Wildman–Crippen LogP) is 0.416. The van der Waals surface area contributed by atoms with Crippen molar-refractivity contribution < 1.29 is 62.1 Å². The van der Waals surface area contributed by atoms with Gasteiger partial charge in [-0.25, -0.2) is 4.79 Å². The fourth-order valence-electron chi connectivity index (χ4n) is 2.92. The molecule has 0 saturated carbocycles. The molecule has 0 aliphatic carbocycles. The van der Waals surface area contributed by atoms with E-state index < -0.39 is 18.5 Å². The van der Waals surface area contributed by atoms with Crippen LogP contribution in [0.2, 0.25) is 0 Å². The van der Waals surface area contributed by atoms with Gasteiger partial charge in [0.05, 0.1) is 106 Å². The Kier molecular flexibility index (Phi) is 26.9. The molecule has 0 aliphatic heterocycles. The lowest BCUT2D eigenvalue weighted by atomic mass is 10.3. The van der Waals surface area contributed by atoms with Gasteiger partial charge in [-0.15, -0.1) is 0 Å². The summed E-state index contributed by atoms with van der Waals surface area (Å²) in [6.45, 7) is 7.42. The molecule has 0 radical (unpaired) electrons. The van der Waals surface area contributed by atoms with Crippen molar-refractivity contribution in [1.82, 2.24) is 5.32 Å². The van der Waals surface area contributed by atoms with E-state index >= 15 is 0 Å². The summed E-state index contributed by atoms with van der Waals surface area (Å²) in [5.74, 6) is -0.683. The Bertz CT molecular complexity index is 742. The first-order chi connectivity index (χ1) is 20.7. The molecular formula is C28H47NO13. The number of rotatable bonds is 32. The first-order valence-corrected chi connectivity index (χ1v) is 14.0. The number of carbonyl (C=O) groups is 2. The topological polar surface area (TPSA) is 159 Å². The third-order valence-corrected chi connectivity index (χ3v) is 4.87. The van der Waals surface area contributed by atoms with Crippen LogP contribution in [0.25, 0.3) is 0 Å². The summed E-state index contributed by atoms with van der Waals surface area (Å²) in [6, 6.07) is 9.62. The number of amides is 1. The van der Waals surface area contributed by atoms with E-state index in [4.69, 9.17) is 47.7 Å². The van der Waals surface area contributed by atoms with Crippen LogP contribution >= 0.6 is 0 Å². The molecule has 0 fully saturated rings. The van der Waals surface area contributed by atoms with Crippen LogP contribution in [0, 0.1) is 0 Å². The van der Waals surface area contributed by atoms with Crippen molar-refractivity contribution in [3.8, 4) is 5.75 Å². The molecule has 1 aromatic carbocycles. The number of aliphatic carboxylic acids is 1. The monoisotopic (exact) mass is 605 g/mol. The summed E-state index contributed by atoms with van der Waals surface area (Å²) in [7, 11) is 0. The number of nitrogens with one attached hydrogen (secondary N) is 1. The normalized spacial score (nSPS) is 11.0. The van der Waals surface area contributed by atoms with Gasteiger partial charge in [0.25, 0.3) is 0 Å². The number of hydrogen-bond donors (Lipinski definition) is 2. The van der Waals surface area contributed by atoms with Crippen molar-refractivity contribution >= 4 is 11.9 Å². The molecule has 0 heterocycles. The van der Waals surface area contributed by atoms with Gasteiger partial charge in [-0.1, -0.05) is 18.2 Å². The number of benzene rings is 1. The smallest absolute Gasteiger partial charge is 0.329 e. The maximum absolute atomic E-state index is 11.3. The molecule has 242 valence electrons. The summed E-state index contributed by atoms with van der Waals surface area (Å²) in [6.07, 6.45) is 0. The number of hydrogen-bond acceptors (Lipinski definition) is 12. The van der Waals surface area contributed by atoms with Crippen LogP contribution in [-0.2, 0) is 52.2 Å². The highest BCUT2D eigenvalue weighted by atomic mass is 16.6. The lowest BCUT2D eigenvalue weighted by Crippen LogP contribution is -2.31. The van der Waals surface area contributed by atoms with Gasteiger partial charge < -0.3 is 57.8 Å². The van der Waals surface area contributed by atoms with E-state index in [1.165, 1.54) is 0 Å². The summed E-state index contributed by atoms with van der Waals surface area (Å²) >= 11 is 0.